The number of hydrogen-bond donors (Lipinski definition) is 3. The van der Waals surface area contributed by atoms with Crippen molar-refractivity contribution in [3.05, 3.63) is 35.9 Å². The van der Waals surface area contributed by atoms with Gasteiger partial charge in [0.05, 0.1) is 0 Å². The molecule has 0 saturated carbocycles. The molecule has 0 aromatic heterocycles. The smallest absolute Gasteiger partial charge is 0.311 e. The van der Waals surface area contributed by atoms with E-state index < -0.39 is 17.7 Å². The fourth-order valence-electron chi connectivity index (χ4n) is 1.57. The van der Waals surface area contributed by atoms with Gasteiger partial charge in [-0.05, 0) is 12.5 Å². The van der Waals surface area contributed by atoms with E-state index in [1.165, 1.54) is 0 Å². The first kappa shape index (κ1) is 9.51. The summed E-state index contributed by atoms with van der Waals surface area (Å²) >= 11 is 0. The summed E-state index contributed by atoms with van der Waals surface area (Å²) in [6, 6.07) is 8.26. The largest absolute Gasteiger partial charge is 0.324 e. The maximum Gasteiger partial charge on any atom is 0.324 e. The van der Waals surface area contributed by atoms with Crippen LogP contribution in [0.3, 0.4) is 0 Å². The van der Waals surface area contributed by atoms with E-state index in [9.17, 15) is 9.59 Å². The molecule has 5 nitrogen and oxygen atoms in total. The Bertz CT molecular complexity index is 386. The Labute approximate surface area is 86.9 Å². The number of carbonyl (C=O) groups excluding carboxylic acids is 2. The van der Waals surface area contributed by atoms with Gasteiger partial charge in [-0.1, -0.05) is 30.3 Å². The Morgan fingerprint density at radius 2 is 1.53 bits per heavy atom. The van der Waals surface area contributed by atoms with E-state index in [2.05, 4.69) is 16.0 Å². The predicted octanol–water partition coefficient (Wildman–Crippen LogP) is 0.882. The van der Waals surface area contributed by atoms with E-state index in [0.717, 1.165) is 5.56 Å². The summed E-state index contributed by atoms with van der Waals surface area (Å²) < 4.78 is 0. The molecule has 0 spiro atoms. The van der Waals surface area contributed by atoms with Crippen LogP contribution in [0.1, 0.15) is 12.5 Å². The first-order chi connectivity index (χ1) is 7.10. The average molecular weight is 205 g/mol. The van der Waals surface area contributed by atoms with Crippen LogP contribution in [-0.2, 0) is 5.66 Å². The highest BCUT2D eigenvalue weighted by Gasteiger charge is 2.34. The van der Waals surface area contributed by atoms with Gasteiger partial charge in [-0.2, -0.15) is 0 Å². The van der Waals surface area contributed by atoms with Crippen molar-refractivity contribution < 1.29 is 9.59 Å². The Morgan fingerprint density at radius 1 is 1.00 bits per heavy atom. The highest BCUT2D eigenvalue weighted by molar-refractivity contribution is 5.96. The summed E-state index contributed by atoms with van der Waals surface area (Å²) in [5.41, 5.74) is -0.0195. The quantitative estimate of drug-likeness (QED) is 0.637. The topological polar surface area (TPSA) is 70.2 Å². The molecular weight excluding hydrogens is 194 g/mol. The van der Waals surface area contributed by atoms with Gasteiger partial charge < -0.3 is 10.6 Å². The number of benzene rings is 1. The lowest BCUT2D eigenvalue weighted by Crippen LogP contribution is -2.66. The highest BCUT2D eigenvalue weighted by atomic mass is 16.2. The zero-order valence-corrected chi connectivity index (χ0v) is 8.20. The van der Waals surface area contributed by atoms with Crippen molar-refractivity contribution in [2.45, 2.75) is 12.6 Å². The lowest BCUT2D eigenvalue weighted by molar-refractivity contribution is 0.188. The normalized spacial score (nSPS) is 18.7. The monoisotopic (exact) mass is 205 g/mol. The summed E-state index contributed by atoms with van der Waals surface area (Å²) in [5.74, 6) is 0. The molecule has 0 aliphatic carbocycles. The van der Waals surface area contributed by atoms with Crippen LogP contribution in [0.15, 0.2) is 30.3 Å². The van der Waals surface area contributed by atoms with Crippen LogP contribution in [-0.4, -0.2) is 12.1 Å². The molecule has 1 aliphatic rings. The van der Waals surface area contributed by atoms with Crippen LogP contribution in [0, 0.1) is 0 Å². The zero-order chi connectivity index (χ0) is 10.9. The zero-order valence-electron chi connectivity index (χ0n) is 8.20. The van der Waals surface area contributed by atoms with Gasteiger partial charge in [0.25, 0.3) is 0 Å². The molecule has 15 heavy (non-hydrogen) atoms. The van der Waals surface area contributed by atoms with E-state index in [0.29, 0.717) is 0 Å². The van der Waals surface area contributed by atoms with Gasteiger partial charge in [-0.25, -0.2) is 9.59 Å². The minimum absolute atomic E-state index is 0.495. The molecule has 1 aliphatic heterocycles. The molecule has 1 aromatic rings. The fraction of sp³-hybridized carbons (Fsp3) is 0.200. The molecule has 1 heterocycles. The van der Waals surface area contributed by atoms with Gasteiger partial charge >= 0.3 is 12.1 Å². The highest BCUT2D eigenvalue weighted by Crippen LogP contribution is 2.18. The van der Waals surface area contributed by atoms with Gasteiger partial charge in [-0.3, -0.25) is 5.32 Å². The number of rotatable bonds is 1. The van der Waals surface area contributed by atoms with Gasteiger partial charge in [0.1, 0.15) is 5.66 Å². The summed E-state index contributed by atoms with van der Waals surface area (Å²) in [5, 5.41) is 7.42. The summed E-state index contributed by atoms with van der Waals surface area (Å²) in [4.78, 5) is 22.4. The molecule has 1 saturated heterocycles. The van der Waals surface area contributed by atoms with Crippen molar-refractivity contribution in [1.29, 1.82) is 0 Å². The van der Waals surface area contributed by atoms with Crippen molar-refractivity contribution in [1.82, 2.24) is 16.0 Å². The Kier molecular flexibility index (Phi) is 2.07. The Balaban J connectivity index is 2.34. The number of carbonyl (C=O) groups is 2. The fourth-order valence-corrected chi connectivity index (χ4v) is 1.57. The minimum Gasteiger partial charge on any atom is -0.311 e. The van der Waals surface area contributed by atoms with E-state index >= 15 is 0 Å². The van der Waals surface area contributed by atoms with Gasteiger partial charge in [0, 0.05) is 0 Å². The second kappa shape index (κ2) is 3.27. The molecule has 4 amide bonds. The van der Waals surface area contributed by atoms with Gasteiger partial charge in [0.2, 0.25) is 0 Å². The average Bonchev–Trinajstić information content (AvgIpc) is 2.17. The van der Waals surface area contributed by atoms with Crippen molar-refractivity contribution in [2.75, 3.05) is 0 Å². The lowest BCUT2D eigenvalue weighted by Gasteiger charge is -2.35. The number of imide groups is 1. The third-order valence-corrected chi connectivity index (χ3v) is 2.31. The lowest BCUT2D eigenvalue weighted by atomic mass is 10.0. The van der Waals surface area contributed by atoms with Crippen molar-refractivity contribution >= 4 is 12.1 Å². The minimum atomic E-state index is -0.847. The molecule has 78 valence electrons. The van der Waals surface area contributed by atoms with Crippen molar-refractivity contribution in [3.63, 3.8) is 0 Å². The van der Waals surface area contributed by atoms with Gasteiger partial charge in [-0.15, -0.1) is 0 Å². The molecular formula is C10H11N3O2. The first-order valence-electron chi connectivity index (χ1n) is 4.57. The number of amides is 4. The Hall–Kier alpha value is -2.04. The van der Waals surface area contributed by atoms with Crippen LogP contribution < -0.4 is 16.0 Å². The first-order valence-corrected chi connectivity index (χ1v) is 4.57. The molecule has 5 heteroatoms. The summed E-state index contributed by atoms with van der Waals surface area (Å²) in [6.07, 6.45) is 0. The van der Waals surface area contributed by atoms with Crippen molar-refractivity contribution in [2.24, 2.45) is 0 Å². The van der Waals surface area contributed by atoms with Crippen LogP contribution in [0.2, 0.25) is 0 Å². The summed E-state index contributed by atoms with van der Waals surface area (Å²) in [7, 11) is 0. The third kappa shape index (κ3) is 1.76. The van der Waals surface area contributed by atoms with E-state index in [4.69, 9.17) is 0 Å². The SMILES string of the molecule is CC1(c2ccccc2)NC(=O)NC(=O)N1. The molecule has 0 atom stereocenters. The maximum absolute atomic E-state index is 11.2. The molecule has 0 radical (unpaired) electrons. The van der Waals surface area contributed by atoms with E-state index in [1.54, 1.807) is 6.92 Å². The number of urea groups is 2. The maximum atomic E-state index is 11.2. The van der Waals surface area contributed by atoms with Crippen LogP contribution in [0.5, 0.6) is 0 Å². The van der Waals surface area contributed by atoms with Gasteiger partial charge in [0.15, 0.2) is 0 Å². The molecule has 0 bridgehead atoms. The number of hydrogen-bond acceptors (Lipinski definition) is 2. The second-order valence-electron chi connectivity index (χ2n) is 3.52. The van der Waals surface area contributed by atoms with E-state index in [1.807, 2.05) is 30.3 Å². The second-order valence-corrected chi connectivity index (χ2v) is 3.52. The molecule has 3 N–H and O–H groups in total. The molecule has 1 aromatic carbocycles. The van der Waals surface area contributed by atoms with Crippen LogP contribution in [0.4, 0.5) is 9.59 Å². The molecule has 2 rings (SSSR count). The number of nitrogens with one attached hydrogen (secondary N) is 3. The van der Waals surface area contributed by atoms with E-state index in [-0.39, 0.29) is 0 Å². The molecule has 0 unspecified atom stereocenters. The van der Waals surface area contributed by atoms with Crippen molar-refractivity contribution in [3.8, 4) is 0 Å². The molecule has 1 fully saturated rings. The van der Waals surface area contributed by atoms with Crippen LogP contribution >= 0.6 is 0 Å². The standard InChI is InChI=1S/C10H11N3O2/c1-10(7-5-3-2-4-6-7)12-8(14)11-9(15)13-10/h2-6H,1H3,(H3,11,12,13,14,15). The third-order valence-electron chi connectivity index (χ3n) is 2.31. The summed E-state index contributed by atoms with van der Waals surface area (Å²) in [6.45, 7) is 1.74. The van der Waals surface area contributed by atoms with Crippen LogP contribution in [0.25, 0.3) is 0 Å². The Morgan fingerprint density at radius 3 is 2.07 bits per heavy atom. The predicted molar refractivity (Wildman–Crippen MR) is 54.0 cm³/mol.